The molecule has 1 saturated carbocycles. The number of nitrogens with zero attached hydrogens (tertiary/aromatic N) is 1. The second kappa shape index (κ2) is 8.14. The van der Waals surface area contributed by atoms with Crippen molar-refractivity contribution >= 4 is 11.6 Å². The molecule has 23 heavy (non-hydrogen) atoms. The van der Waals surface area contributed by atoms with Crippen LogP contribution in [-0.2, 0) is 0 Å². The molecule has 2 aliphatic rings. The van der Waals surface area contributed by atoms with Gasteiger partial charge in [-0.3, -0.25) is 9.78 Å². The topological polar surface area (TPSA) is 54.0 Å². The Bertz CT molecular complexity index is 561. The first-order valence-corrected chi connectivity index (χ1v) is 9.00. The van der Waals surface area contributed by atoms with E-state index in [4.69, 9.17) is 0 Å². The summed E-state index contributed by atoms with van der Waals surface area (Å²) in [5.74, 6) is -0.0727. The Kier molecular flexibility index (Phi) is 5.67. The summed E-state index contributed by atoms with van der Waals surface area (Å²) in [6.45, 7) is 0.701. The lowest BCUT2D eigenvalue weighted by Gasteiger charge is -2.14. The van der Waals surface area contributed by atoms with Crippen molar-refractivity contribution in [3.63, 3.8) is 0 Å². The van der Waals surface area contributed by atoms with E-state index >= 15 is 0 Å². The maximum Gasteiger partial charge on any atom is 0.269 e. The Morgan fingerprint density at radius 2 is 2.09 bits per heavy atom. The number of nitrogens with one attached hydrogen (secondary N) is 2. The first-order chi connectivity index (χ1) is 11.3. The minimum absolute atomic E-state index is 0.0727. The van der Waals surface area contributed by atoms with E-state index in [-0.39, 0.29) is 5.91 Å². The van der Waals surface area contributed by atoms with Crippen molar-refractivity contribution in [1.82, 2.24) is 10.3 Å². The molecular formula is C19H27N3O. The first-order valence-electron chi connectivity index (χ1n) is 9.00. The van der Waals surface area contributed by atoms with E-state index in [0.717, 1.165) is 12.1 Å². The first kappa shape index (κ1) is 16.0. The average Bonchev–Trinajstić information content (AvgIpc) is 3.09. The monoisotopic (exact) mass is 313 g/mol. The van der Waals surface area contributed by atoms with Crippen LogP contribution in [0.5, 0.6) is 0 Å². The van der Waals surface area contributed by atoms with E-state index in [2.05, 4.69) is 21.7 Å². The van der Waals surface area contributed by atoms with E-state index in [1.807, 2.05) is 12.1 Å². The molecule has 1 aromatic rings. The molecule has 0 unspecified atom stereocenters. The van der Waals surface area contributed by atoms with Crippen LogP contribution < -0.4 is 10.6 Å². The Labute approximate surface area is 138 Å². The molecule has 2 aliphatic carbocycles. The lowest BCUT2D eigenvalue weighted by atomic mass is 9.97. The van der Waals surface area contributed by atoms with E-state index in [1.165, 1.54) is 56.9 Å². The molecule has 1 amide bonds. The highest BCUT2D eigenvalue weighted by molar-refractivity contribution is 5.93. The fourth-order valence-electron chi connectivity index (χ4n) is 3.51. The fourth-order valence-corrected chi connectivity index (χ4v) is 3.51. The predicted molar refractivity (Wildman–Crippen MR) is 93.6 cm³/mol. The highest BCUT2D eigenvalue weighted by atomic mass is 16.1. The fraction of sp³-hybridized carbons (Fsp3) is 0.579. The van der Waals surface area contributed by atoms with Crippen LogP contribution in [0, 0.1) is 0 Å². The zero-order valence-corrected chi connectivity index (χ0v) is 13.8. The number of carbonyl (C=O) groups is 1. The van der Waals surface area contributed by atoms with Crippen LogP contribution in [0.4, 0.5) is 5.69 Å². The molecular weight excluding hydrogens is 286 g/mol. The summed E-state index contributed by atoms with van der Waals surface area (Å²) in [5.41, 5.74) is 3.00. The van der Waals surface area contributed by atoms with E-state index in [9.17, 15) is 4.79 Å². The third-order valence-corrected chi connectivity index (χ3v) is 4.84. The van der Waals surface area contributed by atoms with Crippen LogP contribution in [0.25, 0.3) is 0 Å². The van der Waals surface area contributed by atoms with Gasteiger partial charge in [0.1, 0.15) is 5.69 Å². The van der Waals surface area contributed by atoms with Gasteiger partial charge in [0.05, 0.1) is 0 Å². The summed E-state index contributed by atoms with van der Waals surface area (Å²) in [7, 11) is 0. The lowest BCUT2D eigenvalue weighted by Crippen LogP contribution is -2.26. The van der Waals surface area contributed by atoms with Crippen LogP contribution in [0.15, 0.2) is 30.0 Å². The number of anilines is 1. The number of hydrogen-bond acceptors (Lipinski definition) is 3. The van der Waals surface area contributed by atoms with Crippen molar-refractivity contribution in [3.8, 4) is 0 Å². The Morgan fingerprint density at radius 1 is 1.22 bits per heavy atom. The van der Waals surface area contributed by atoms with Gasteiger partial charge in [-0.05, 0) is 57.1 Å². The quantitative estimate of drug-likeness (QED) is 0.779. The van der Waals surface area contributed by atoms with Gasteiger partial charge in [-0.15, -0.1) is 0 Å². The highest BCUT2D eigenvalue weighted by Gasteiger charge is 2.15. The number of aromatic nitrogens is 1. The summed E-state index contributed by atoms with van der Waals surface area (Å²) in [6.07, 6.45) is 15.0. The molecule has 4 heteroatoms. The van der Waals surface area contributed by atoms with Crippen molar-refractivity contribution in [2.45, 2.75) is 63.8 Å². The minimum Gasteiger partial charge on any atom is -0.382 e. The number of hydrogen-bond donors (Lipinski definition) is 2. The van der Waals surface area contributed by atoms with Gasteiger partial charge in [0, 0.05) is 24.5 Å². The van der Waals surface area contributed by atoms with E-state index in [1.54, 1.807) is 6.20 Å². The van der Waals surface area contributed by atoms with Crippen molar-refractivity contribution in [1.29, 1.82) is 0 Å². The predicted octanol–water partition coefficient (Wildman–Crippen LogP) is 4.06. The Balaban J connectivity index is 1.49. The zero-order valence-electron chi connectivity index (χ0n) is 13.8. The third-order valence-electron chi connectivity index (χ3n) is 4.84. The summed E-state index contributed by atoms with van der Waals surface area (Å²) < 4.78 is 0. The number of carbonyl (C=O) groups excluding carboxylic acids is 1. The summed E-state index contributed by atoms with van der Waals surface area (Å²) in [5, 5.41) is 6.51. The normalized spacial score (nSPS) is 18.5. The number of allylic oxidation sites excluding steroid dienone is 1. The molecule has 0 radical (unpaired) electrons. The van der Waals surface area contributed by atoms with Gasteiger partial charge < -0.3 is 10.6 Å². The number of pyridine rings is 1. The lowest BCUT2D eigenvalue weighted by molar-refractivity contribution is 0.0949. The second-order valence-corrected chi connectivity index (χ2v) is 6.67. The standard InChI is InChI=1S/C19H27N3O/c23-19(21-12-10-15-6-2-1-3-7-15)18-14-17(11-13-20-18)22-16-8-4-5-9-16/h6,11,13-14,16H,1-5,7-10,12H2,(H,20,22)(H,21,23). The molecule has 0 aliphatic heterocycles. The maximum atomic E-state index is 12.3. The Hall–Kier alpha value is -1.84. The van der Waals surface area contributed by atoms with Crippen LogP contribution in [0.1, 0.15) is 68.3 Å². The summed E-state index contributed by atoms with van der Waals surface area (Å²) >= 11 is 0. The van der Waals surface area contributed by atoms with Gasteiger partial charge in [-0.1, -0.05) is 24.5 Å². The third kappa shape index (κ3) is 4.81. The zero-order chi connectivity index (χ0) is 15.9. The molecule has 1 aromatic heterocycles. The van der Waals surface area contributed by atoms with Gasteiger partial charge in [0.2, 0.25) is 0 Å². The van der Waals surface area contributed by atoms with Crippen LogP contribution >= 0.6 is 0 Å². The van der Waals surface area contributed by atoms with Gasteiger partial charge in [-0.25, -0.2) is 0 Å². The summed E-state index contributed by atoms with van der Waals surface area (Å²) in [4.78, 5) is 16.5. The average molecular weight is 313 g/mol. The number of amides is 1. The smallest absolute Gasteiger partial charge is 0.269 e. The molecule has 0 bridgehead atoms. The molecule has 124 valence electrons. The highest BCUT2D eigenvalue weighted by Crippen LogP contribution is 2.22. The second-order valence-electron chi connectivity index (χ2n) is 6.67. The Morgan fingerprint density at radius 3 is 2.87 bits per heavy atom. The van der Waals surface area contributed by atoms with Crippen molar-refractivity contribution in [2.24, 2.45) is 0 Å². The van der Waals surface area contributed by atoms with Crippen LogP contribution in [0.2, 0.25) is 0 Å². The van der Waals surface area contributed by atoms with Gasteiger partial charge >= 0.3 is 0 Å². The van der Waals surface area contributed by atoms with Gasteiger partial charge in [0.25, 0.3) is 5.91 Å². The molecule has 0 spiro atoms. The molecule has 4 nitrogen and oxygen atoms in total. The van der Waals surface area contributed by atoms with Crippen LogP contribution in [-0.4, -0.2) is 23.5 Å². The van der Waals surface area contributed by atoms with Crippen molar-refractivity contribution < 1.29 is 4.79 Å². The molecule has 3 rings (SSSR count). The van der Waals surface area contributed by atoms with E-state index < -0.39 is 0 Å². The van der Waals surface area contributed by atoms with Crippen LogP contribution in [0.3, 0.4) is 0 Å². The van der Waals surface area contributed by atoms with Crippen molar-refractivity contribution in [2.75, 3.05) is 11.9 Å². The SMILES string of the molecule is O=C(NCCC1=CCCCC1)c1cc(NC2CCCC2)ccn1. The van der Waals surface area contributed by atoms with E-state index in [0.29, 0.717) is 18.3 Å². The summed E-state index contributed by atoms with van der Waals surface area (Å²) in [6, 6.07) is 4.36. The molecule has 1 fully saturated rings. The molecule has 0 atom stereocenters. The molecule has 0 saturated heterocycles. The molecule has 1 heterocycles. The minimum atomic E-state index is -0.0727. The molecule has 0 aromatic carbocycles. The number of rotatable bonds is 6. The maximum absolute atomic E-state index is 12.3. The van der Waals surface area contributed by atoms with Gasteiger partial charge in [0.15, 0.2) is 0 Å². The largest absolute Gasteiger partial charge is 0.382 e. The van der Waals surface area contributed by atoms with Gasteiger partial charge in [-0.2, -0.15) is 0 Å². The van der Waals surface area contributed by atoms with Crippen molar-refractivity contribution in [3.05, 3.63) is 35.7 Å². The molecule has 2 N–H and O–H groups in total.